The molecule has 0 saturated carbocycles. The Balaban J connectivity index is 0.00000240. The van der Waals surface area contributed by atoms with E-state index in [0.717, 1.165) is 76.2 Å². The third-order valence-electron chi connectivity index (χ3n) is 6.15. The molecule has 0 spiro atoms. The predicted octanol–water partition coefficient (Wildman–Crippen LogP) is 2.63. The van der Waals surface area contributed by atoms with Crippen molar-refractivity contribution in [1.29, 1.82) is 0 Å². The second kappa shape index (κ2) is 10.2. The molecule has 3 aliphatic rings. The topological polar surface area (TPSA) is 64.6 Å². The van der Waals surface area contributed by atoms with Crippen LogP contribution in [-0.4, -0.2) is 71.3 Å². The van der Waals surface area contributed by atoms with Crippen LogP contribution in [0, 0.1) is 5.92 Å². The van der Waals surface area contributed by atoms with Gasteiger partial charge in [0.2, 0.25) is 6.79 Å². The van der Waals surface area contributed by atoms with Crippen molar-refractivity contribution in [3.05, 3.63) is 23.8 Å². The van der Waals surface area contributed by atoms with Crippen LogP contribution in [0.3, 0.4) is 0 Å². The van der Waals surface area contributed by atoms with Gasteiger partial charge in [0.25, 0.3) is 0 Å². The number of benzene rings is 1. The van der Waals surface area contributed by atoms with E-state index < -0.39 is 0 Å². The fourth-order valence-electron chi connectivity index (χ4n) is 4.39. The summed E-state index contributed by atoms with van der Waals surface area (Å²) in [7, 11) is 3.95. The first kappa shape index (κ1) is 22.4. The van der Waals surface area contributed by atoms with E-state index in [0.29, 0.717) is 12.7 Å². The molecule has 0 aliphatic carbocycles. The minimum atomic E-state index is -0.00746. The predicted molar refractivity (Wildman–Crippen MR) is 123 cm³/mol. The van der Waals surface area contributed by atoms with Gasteiger partial charge in [0.1, 0.15) is 0 Å². The zero-order valence-corrected chi connectivity index (χ0v) is 19.6. The van der Waals surface area contributed by atoms with E-state index in [9.17, 15) is 0 Å². The summed E-state index contributed by atoms with van der Waals surface area (Å²) in [6.45, 7) is 5.33. The van der Waals surface area contributed by atoms with Crippen molar-refractivity contribution < 1.29 is 18.9 Å². The van der Waals surface area contributed by atoms with E-state index in [2.05, 4.69) is 34.4 Å². The van der Waals surface area contributed by atoms with E-state index >= 15 is 0 Å². The van der Waals surface area contributed by atoms with Gasteiger partial charge in [-0.25, -0.2) is 0 Å². The van der Waals surface area contributed by atoms with Gasteiger partial charge in [-0.15, -0.1) is 24.0 Å². The quantitative estimate of drug-likeness (QED) is 0.368. The summed E-state index contributed by atoms with van der Waals surface area (Å²) < 4.78 is 22.3. The highest BCUT2D eigenvalue weighted by molar-refractivity contribution is 14.0. The van der Waals surface area contributed by atoms with Crippen molar-refractivity contribution in [2.24, 2.45) is 10.9 Å². The molecular weight excluding hydrogens is 485 g/mol. The zero-order chi connectivity index (χ0) is 19.4. The van der Waals surface area contributed by atoms with Crippen LogP contribution in [0.25, 0.3) is 0 Å². The Morgan fingerprint density at radius 2 is 1.97 bits per heavy atom. The maximum absolute atomic E-state index is 5.67. The van der Waals surface area contributed by atoms with E-state index in [1.165, 1.54) is 5.56 Å². The summed E-state index contributed by atoms with van der Waals surface area (Å²) in [5.41, 5.74) is 1.27. The number of hydrogen-bond acceptors (Lipinski definition) is 5. The molecule has 1 aromatic carbocycles. The van der Waals surface area contributed by atoms with Crippen molar-refractivity contribution in [3.8, 4) is 11.5 Å². The number of halogens is 1. The lowest BCUT2D eigenvalue weighted by molar-refractivity contribution is 0.0511. The summed E-state index contributed by atoms with van der Waals surface area (Å²) in [6, 6.07) is 6.33. The second-order valence-electron chi connectivity index (χ2n) is 7.97. The molecule has 29 heavy (non-hydrogen) atoms. The summed E-state index contributed by atoms with van der Waals surface area (Å²) in [6.07, 6.45) is 3.06. The highest BCUT2D eigenvalue weighted by Gasteiger charge is 2.36. The van der Waals surface area contributed by atoms with Crippen LogP contribution < -0.4 is 14.8 Å². The van der Waals surface area contributed by atoms with Gasteiger partial charge in [-0.1, -0.05) is 6.07 Å². The van der Waals surface area contributed by atoms with Gasteiger partial charge in [0, 0.05) is 58.3 Å². The van der Waals surface area contributed by atoms with Crippen LogP contribution >= 0.6 is 24.0 Å². The molecule has 1 atom stereocenters. The number of aliphatic imine (C=N–C) groups is 1. The number of nitrogens with zero attached hydrogens (tertiary/aromatic N) is 2. The smallest absolute Gasteiger partial charge is 0.231 e. The minimum absolute atomic E-state index is 0. The van der Waals surface area contributed by atoms with Crippen molar-refractivity contribution in [2.45, 2.75) is 24.7 Å². The molecule has 3 aliphatic heterocycles. The number of rotatable bonds is 5. The summed E-state index contributed by atoms with van der Waals surface area (Å²) >= 11 is 0. The lowest BCUT2D eigenvalue weighted by Gasteiger charge is -2.39. The van der Waals surface area contributed by atoms with Gasteiger partial charge in [-0.3, -0.25) is 4.99 Å². The fraction of sp³-hybridized carbons (Fsp3) is 0.667. The molecule has 162 valence electrons. The molecule has 0 bridgehead atoms. The third kappa shape index (κ3) is 5.08. The monoisotopic (exact) mass is 517 g/mol. The molecule has 2 fully saturated rings. The highest BCUT2D eigenvalue weighted by atomic mass is 127. The van der Waals surface area contributed by atoms with Crippen LogP contribution in [0.15, 0.2) is 23.2 Å². The van der Waals surface area contributed by atoms with Gasteiger partial charge >= 0.3 is 0 Å². The van der Waals surface area contributed by atoms with Crippen molar-refractivity contribution >= 4 is 29.9 Å². The maximum atomic E-state index is 5.67. The van der Waals surface area contributed by atoms with Crippen LogP contribution in [0.4, 0.5) is 0 Å². The van der Waals surface area contributed by atoms with E-state index in [1.807, 2.05) is 13.1 Å². The molecule has 0 aromatic heterocycles. The van der Waals surface area contributed by atoms with E-state index in [1.54, 1.807) is 0 Å². The van der Waals surface area contributed by atoms with E-state index in [-0.39, 0.29) is 29.4 Å². The Morgan fingerprint density at radius 3 is 2.69 bits per heavy atom. The zero-order valence-electron chi connectivity index (χ0n) is 17.3. The molecule has 1 aromatic rings. The summed E-state index contributed by atoms with van der Waals surface area (Å²) in [5, 5.41) is 3.63. The van der Waals surface area contributed by atoms with Crippen LogP contribution in [-0.2, 0) is 14.9 Å². The SMILES string of the molecule is CN=C(NCC1(c2ccc3c(c2)OCO3)CCOCC1)N(C)CC1CCOC1.I. The molecule has 0 amide bonds. The number of nitrogens with one attached hydrogen (secondary N) is 1. The minimum Gasteiger partial charge on any atom is -0.454 e. The maximum Gasteiger partial charge on any atom is 0.231 e. The van der Waals surface area contributed by atoms with Crippen LogP contribution in [0.1, 0.15) is 24.8 Å². The van der Waals surface area contributed by atoms with Crippen molar-refractivity contribution in [1.82, 2.24) is 10.2 Å². The fourth-order valence-corrected chi connectivity index (χ4v) is 4.39. The number of ether oxygens (including phenoxy) is 4. The number of hydrogen-bond donors (Lipinski definition) is 1. The molecule has 4 rings (SSSR count). The van der Waals surface area contributed by atoms with Crippen molar-refractivity contribution in [3.63, 3.8) is 0 Å². The normalized spacial score (nSPS) is 22.8. The van der Waals surface area contributed by atoms with Gasteiger partial charge in [0.15, 0.2) is 17.5 Å². The van der Waals surface area contributed by atoms with Gasteiger partial charge in [0.05, 0.1) is 6.61 Å². The Labute approximate surface area is 190 Å². The largest absolute Gasteiger partial charge is 0.454 e. The Bertz CT molecular complexity index is 703. The Hall–Kier alpha value is -1.26. The average Bonchev–Trinajstić information content (AvgIpc) is 3.40. The first-order valence-corrected chi connectivity index (χ1v) is 10.2. The van der Waals surface area contributed by atoms with Crippen molar-refractivity contribution in [2.75, 3.05) is 60.4 Å². The molecule has 7 nitrogen and oxygen atoms in total. The highest BCUT2D eigenvalue weighted by Crippen LogP contribution is 2.40. The van der Waals surface area contributed by atoms with Crippen LogP contribution in [0.5, 0.6) is 11.5 Å². The van der Waals surface area contributed by atoms with Gasteiger partial charge < -0.3 is 29.2 Å². The van der Waals surface area contributed by atoms with Crippen LogP contribution in [0.2, 0.25) is 0 Å². The van der Waals surface area contributed by atoms with E-state index in [4.69, 9.17) is 18.9 Å². The third-order valence-corrected chi connectivity index (χ3v) is 6.15. The second-order valence-corrected chi connectivity index (χ2v) is 7.97. The first-order valence-electron chi connectivity index (χ1n) is 10.2. The first-order chi connectivity index (χ1) is 13.7. The Kier molecular flexibility index (Phi) is 7.86. The lowest BCUT2D eigenvalue weighted by Crippen LogP contribution is -2.49. The summed E-state index contributed by atoms with van der Waals surface area (Å²) in [4.78, 5) is 6.73. The molecule has 2 saturated heterocycles. The summed E-state index contributed by atoms with van der Waals surface area (Å²) in [5.74, 6) is 3.17. The molecular formula is C21H32IN3O4. The molecule has 1 unspecified atom stereocenters. The molecule has 8 heteroatoms. The Morgan fingerprint density at radius 1 is 1.17 bits per heavy atom. The number of guanidine groups is 1. The lowest BCUT2D eigenvalue weighted by atomic mass is 9.74. The van der Waals surface area contributed by atoms with Gasteiger partial charge in [-0.2, -0.15) is 0 Å². The number of fused-ring (bicyclic) bond motifs is 1. The molecule has 1 N–H and O–H groups in total. The van der Waals surface area contributed by atoms with Gasteiger partial charge in [-0.05, 0) is 37.0 Å². The molecule has 0 radical (unpaired) electrons. The molecule has 3 heterocycles. The standard InChI is InChI=1S/C21H31N3O4.HI/c1-22-20(24(2)12-16-5-8-26-13-16)23-14-21(6-9-25-10-7-21)17-3-4-18-19(11-17)28-15-27-18;/h3-4,11,16H,5-10,12-15H2,1-2H3,(H,22,23);1H. The average molecular weight is 517 g/mol.